The van der Waals surface area contributed by atoms with Crippen LogP contribution in [0.1, 0.15) is 17.7 Å². The first-order valence-electron chi connectivity index (χ1n) is 7.78. The average molecular weight is 408 g/mol. The fraction of sp³-hybridized carbons (Fsp3) is 0.375. The minimum absolute atomic E-state index is 0.0816. The Balaban J connectivity index is 1.57. The number of anilines is 2. The number of carbonyl (C=O) groups is 1. The van der Waals surface area contributed by atoms with Crippen molar-refractivity contribution in [2.45, 2.75) is 19.0 Å². The van der Waals surface area contributed by atoms with Gasteiger partial charge in [0.1, 0.15) is 10.7 Å². The maximum absolute atomic E-state index is 13.1. The van der Waals surface area contributed by atoms with E-state index in [0.717, 1.165) is 6.20 Å². The molecule has 0 atom stereocenters. The number of hydrogen-bond acceptors (Lipinski definition) is 4. The van der Waals surface area contributed by atoms with E-state index in [4.69, 9.17) is 11.6 Å². The van der Waals surface area contributed by atoms with E-state index in [1.165, 1.54) is 18.2 Å². The highest BCUT2D eigenvalue weighted by molar-refractivity contribution is 7.15. The highest BCUT2D eigenvalue weighted by Crippen LogP contribution is 2.37. The summed E-state index contributed by atoms with van der Waals surface area (Å²) in [5, 5.41) is 2.91. The molecule has 10 heteroatoms. The standard InChI is InChI=1S/C16H14ClF4N3OS/c17-11-7-10(1-2-12(11)18)23-14(25)9-3-5-24(6-4-9)15-22-8-13(26-15)16(19,20)21/h1-2,7-9H,3-6H2,(H,23,25). The third-order valence-corrected chi connectivity index (χ3v) is 5.49. The zero-order chi connectivity index (χ0) is 18.9. The number of aromatic nitrogens is 1. The van der Waals surface area contributed by atoms with Crippen LogP contribution in [-0.2, 0) is 11.0 Å². The van der Waals surface area contributed by atoms with Crippen molar-refractivity contribution < 1.29 is 22.4 Å². The molecule has 26 heavy (non-hydrogen) atoms. The van der Waals surface area contributed by atoms with Gasteiger partial charge >= 0.3 is 6.18 Å². The van der Waals surface area contributed by atoms with E-state index in [1.807, 2.05) is 0 Å². The number of benzene rings is 1. The Bertz CT molecular complexity index is 803. The third-order valence-electron chi connectivity index (χ3n) is 4.10. The molecular weight excluding hydrogens is 394 g/mol. The summed E-state index contributed by atoms with van der Waals surface area (Å²) in [5.41, 5.74) is 0.401. The molecule has 1 aromatic carbocycles. The molecule has 3 rings (SSSR count). The summed E-state index contributed by atoms with van der Waals surface area (Å²) in [6.07, 6.45) is -2.59. The summed E-state index contributed by atoms with van der Waals surface area (Å²) in [7, 11) is 0. The lowest BCUT2D eigenvalue weighted by atomic mass is 9.96. The molecule has 1 fully saturated rings. The minimum atomic E-state index is -4.40. The zero-order valence-corrected chi connectivity index (χ0v) is 14.9. The van der Waals surface area contributed by atoms with Crippen molar-refractivity contribution >= 4 is 39.7 Å². The van der Waals surface area contributed by atoms with E-state index in [-0.39, 0.29) is 16.8 Å². The maximum atomic E-state index is 13.1. The predicted molar refractivity (Wildman–Crippen MR) is 92.1 cm³/mol. The monoisotopic (exact) mass is 407 g/mol. The van der Waals surface area contributed by atoms with Crippen LogP contribution in [0, 0.1) is 11.7 Å². The first-order valence-corrected chi connectivity index (χ1v) is 8.97. The summed E-state index contributed by atoms with van der Waals surface area (Å²) in [6.45, 7) is 0.875. The largest absolute Gasteiger partial charge is 0.427 e. The number of amides is 1. The van der Waals surface area contributed by atoms with E-state index >= 15 is 0 Å². The van der Waals surface area contributed by atoms with E-state index < -0.39 is 16.9 Å². The summed E-state index contributed by atoms with van der Waals surface area (Å²) < 4.78 is 51.1. The molecule has 1 N–H and O–H groups in total. The molecule has 0 aliphatic carbocycles. The highest BCUT2D eigenvalue weighted by Gasteiger charge is 2.34. The number of nitrogens with zero attached hydrogens (tertiary/aromatic N) is 2. The number of piperidine rings is 1. The summed E-state index contributed by atoms with van der Waals surface area (Å²) >= 11 is 6.29. The highest BCUT2D eigenvalue weighted by atomic mass is 35.5. The lowest BCUT2D eigenvalue weighted by Crippen LogP contribution is -2.38. The van der Waals surface area contributed by atoms with Crippen LogP contribution in [0.5, 0.6) is 0 Å². The lowest BCUT2D eigenvalue weighted by molar-refractivity contribution is -0.134. The third kappa shape index (κ3) is 4.27. The van der Waals surface area contributed by atoms with Gasteiger partial charge in [-0.15, -0.1) is 0 Å². The lowest BCUT2D eigenvalue weighted by Gasteiger charge is -2.31. The van der Waals surface area contributed by atoms with Crippen molar-refractivity contribution in [1.29, 1.82) is 0 Å². The van der Waals surface area contributed by atoms with E-state index in [2.05, 4.69) is 10.3 Å². The fourth-order valence-electron chi connectivity index (χ4n) is 2.69. The maximum Gasteiger partial charge on any atom is 0.427 e. The molecule has 1 amide bonds. The summed E-state index contributed by atoms with van der Waals surface area (Å²) in [4.78, 5) is 17.2. The molecule has 1 aliphatic heterocycles. The first kappa shape index (κ1) is 18.9. The minimum Gasteiger partial charge on any atom is -0.348 e. The van der Waals surface area contributed by atoms with Gasteiger partial charge < -0.3 is 10.2 Å². The molecule has 0 bridgehead atoms. The van der Waals surface area contributed by atoms with Crippen LogP contribution < -0.4 is 10.2 Å². The molecule has 4 nitrogen and oxygen atoms in total. The molecule has 0 unspecified atom stereocenters. The van der Waals surface area contributed by atoms with Crippen LogP contribution >= 0.6 is 22.9 Å². The molecule has 1 aliphatic rings. The van der Waals surface area contributed by atoms with Crippen molar-refractivity contribution in [1.82, 2.24) is 4.98 Å². The van der Waals surface area contributed by atoms with Gasteiger partial charge in [-0.3, -0.25) is 4.79 Å². The van der Waals surface area contributed by atoms with Gasteiger partial charge in [-0.1, -0.05) is 22.9 Å². The average Bonchev–Trinajstić information content (AvgIpc) is 3.09. The number of rotatable bonds is 3. The molecular formula is C16H14ClF4N3OS. The molecule has 0 radical (unpaired) electrons. The number of thiazole rings is 1. The van der Waals surface area contributed by atoms with Crippen molar-refractivity contribution in [3.8, 4) is 0 Å². The Labute approximate surface area is 155 Å². The first-order chi connectivity index (χ1) is 12.2. The Morgan fingerprint density at radius 3 is 2.58 bits per heavy atom. The molecule has 2 heterocycles. The second-order valence-corrected chi connectivity index (χ2v) is 7.30. The molecule has 1 saturated heterocycles. The molecule has 2 aromatic rings. The van der Waals surface area contributed by atoms with Gasteiger partial charge in [-0.25, -0.2) is 9.37 Å². The molecule has 1 aromatic heterocycles. The quantitative estimate of drug-likeness (QED) is 0.743. The number of hydrogen-bond donors (Lipinski definition) is 1. The van der Waals surface area contributed by atoms with Gasteiger partial charge in [0.15, 0.2) is 5.13 Å². The fourth-order valence-corrected chi connectivity index (χ4v) is 3.71. The zero-order valence-electron chi connectivity index (χ0n) is 13.3. The van der Waals surface area contributed by atoms with Crippen molar-refractivity contribution in [3.05, 3.63) is 40.1 Å². The summed E-state index contributed by atoms with van der Waals surface area (Å²) in [5.74, 6) is -1.07. The van der Waals surface area contributed by atoms with Crippen LogP contribution in [0.3, 0.4) is 0 Å². The normalized spacial score (nSPS) is 16.0. The Hall–Kier alpha value is -1.87. The molecule has 0 spiro atoms. The predicted octanol–water partition coefficient (Wildman–Crippen LogP) is 4.81. The van der Waals surface area contributed by atoms with Gasteiger partial charge in [-0.2, -0.15) is 13.2 Å². The smallest absolute Gasteiger partial charge is 0.348 e. The van der Waals surface area contributed by atoms with E-state index in [1.54, 1.807) is 4.90 Å². The molecule has 140 valence electrons. The van der Waals surface area contributed by atoms with Gasteiger partial charge in [0.05, 0.1) is 11.2 Å². The van der Waals surface area contributed by atoms with Gasteiger partial charge in [0, 0.05) is 24.7 Å². The topological polar surface area (TPSA) is 45.2 Å². The number of carbonyl (C=O) groups excluding carboxylic acids is 1. The van der Waals surface area contributed by atoms with Crippen molar-refractivity contribution in [3.63, 3.8) is 0 Å². The van der Waals surface area contributed by atoms with E-state index in [9.17, 15) is 22.4 Å². The van der Waals surface area contributed by atoms with Gasteiger partial charge in [0.25, 0.3) is 0 Å². The van der Waals surface area contributed by atoms with Crippen molar-refractivity contribution in [2.75, 3.05) is 23.3 Å². The number of nitrogens with one attached hydrogen (secondary N) is 1. The second kappa shape index (κ2) is 7.40. The van der Waals surface area contributed by atoms with Crippen molar-refractivity contribution in [2.24, 2.45) is 5.92 Å². The Kier molecular flexibility index (Phi) is 5.38. The SMILES string of the molecule is O=C(Nc1ccc(F)c(Cl)c1)C1CCN(c2ncc(C(F)(F)F)s2)CC1. The Morgan fingerprint density at radius 1 is 1.31 bits per heavy atom. The van der Waals surface area contributed by atoms with Gasteiger partial charge in [-0.05, 0) is 31.0 Å². The second-order valence-electron chi connectivity index (χ2n) is 5.88. The van der Waals surface area contributed by atoms with Crippen LogP contribution in [0.2, 0.25) is 5.02 Å². The van der Waals surface area contributed by atoms with Crippen LogP contribution in [0.25, 0.3) is 0 Å². The summed E-state index contributed by atoms with van der Waals surface area (Å²) in [6, 6.07) is 3.92. The number of alkyl halides is 3. The van der Waals surface area contributed by atoms with Gasteiger partial charge in [0.2, 0.25) is 5.91 Å². The Morgan fingerprint density at radius 2 is 2.00 bits per heavy atom. The van der Waals surface area contributed by atoms with Crippen LogP contribution in [0.4, 0.5) is 28.4 Å². The number of halogens is 5. The van der Waals surface area contributed by atoms with Crippen LogP contribution in [0.15, 0.2) is 24.4 Å². The van der Waals surface area contributed by atoms with Crippen LogP contribution in [-0.4, -0.2) is 24.0 Å². The molecule has 0 saturated carbocycles. The van der Waals surface area contributed by atoms with E-state index in [0.29, 0.717) is 48.1 Å².